The van der Waals surface area contributed by atoms with E-state index in [2.05, 4.69) is 10.3 Å². The molecule has 0 aromatic carbocycles. The summed E-state index contributed by atoms with van der Waals surface area (Å²) < 4.78 is 26.4. The Morgan fingerprint density at radius 3 is 2.95 bits per heavy atom. The lowest BCUT2D eigenvalue weighted by Crippen LogP contribution is -2.49. The van der Waals surface area contributed by atoms with Crippen molar-refractivity contribution in [3.63, 3.8) is 0 Å². The van der Waals surface area contributed by atoms with Gasteiger partial charge in [-0.15, -0.1) is 12.4 Å². The van der Waals surface area contributed by atoms with Gasteiger partial charge >= 0.3 is 0 Å². The Balaban J connectivity index is 0.00000200. The maximum absolute atomic E-state index is 12.4. The zero-order chi connectivity index (χ0) is 13.7. The van der Waals surface area contributed by atoms with Crippen molar-refractivity contribution in [2.75, 3.05) is 25.4 Å². The first-order valence-corrected chi connectivity index (χ1v) is 8.36. The molecule has 0 radical (unpaired) electrons. The summed E-state index contributed by atoms with van der Waals surface area (Å²) in [5.41, 5.74) is 0.953. The monoisotopic (exact) mass is 319 g/mol. The average molecular weight is 320 g/mol. The molecule has 7 heteroatoms. The van der Waals surface area contributed by atoms with Crippen LogP contribution >= 0.6 is 12.4 Å². The second kappa shape index (κ2) is 7.93. The largest absolute Gasteiger partial charge is 0.313 e. The van der Waals surface area contributed by atoms with Crippen LogP contribution in [-0.4, -0.2) is 43.1 Å². The lowest BCUT2D eigenvalue weighted by atomic mass is 10.1. The molecular formula is C13H22ClN3O2S. The fourth-order valence-electron chi connectivity index (χ4n) is 2.32. The van der Waals surface area contributed by atoms with Crippen LogP contribution in [0.5, 0.6) is 0 Å². The van der Waals surface area contributed by atoms with Gasteiger partial charge in [-0.05, 0) is 18.1 Å². The fourth-order valence-corrected chi connectivity index (χ4v) is 4.16. The van der Waals surface area contributed by atoms with Gasteiger partial charge in [0.05, 0.1) is 11.8 Å². The molecule has 1 N–H and O–H groups in total. The van der Waals surface area contributed by atoms with Crippen molar-refractivity contribution < 1.29 is 8.42 Å². The van der Waals surface area contributed by atoms with E-state index in [-0.39, 0.29) is 24.2 Å². The molecule has 0 bridgehead atoms. The van der Waals surface area contributed by atoms with Crippen LogP contribution in [0, 0.1) is 0 Å². The van der Waals surface area contributed by atoms with Gasteiger partial charge in [0, 0.05) is 32.0 Å². The van der Waals surface area contributed by atoms with Crippen LogP contribution < -0.4 is 5.32 Å². The number of hydrogen-bond acceptors (Lipinski definition) is 4. The lowest BCUT2D eigenvalue weighted by molar-refractivity contribution is 0.271. The van der Waals surface area contributed by atoms with Crippen molar-refractivity contribution in [3.05, 3.63) is 30.1 Å². The van der Waals surface area contributed by atoms with E-state index in [0.717, 1.165) is 12.0 Å². The van der Waals surface area contributed by atoms with Gasteiger partial charge in [0.25, 0.3) is 0 Å². The third-order valence-electron chi connectivity index (χ3n) is 3.38. The summed E-state index contributed by atoms with van der Waals surface area (Å²) in [5, 5.41) is 3.26. The van der Waals surface area contributed by atoms with E-state index in [4.69, 9.17) is 0 Å². The first kappa shape index (κ1) is 17.4. The van der Waals surface area contributed by atoms with Gasteiger partial charge in [0.15, 0.2) is 0 Å². The molecule has 0 saturated carbocycles. The second-order valence-corrected chi connectivity index (χ2v) is 6.83. The van der Waals surface area contributed by atoms with Gasteiger partial charge in [-0.2, -0.15) is 4.31 Å². The summed E-state index contributed by atoms with van der Waals surface area (Å²) in [6.45, 7) is 3.90. The van der Waals surface area contributed by atoms with E-state index < -0.39 is 10.0 Å². The molecule has 1 aliphatic rings. The molecule has 1 aliphatic heterocycles. The third kappa shape index (κ3) is 4.15. The van der Waals surface area contributed by atoms with Crippen LogP contribution in [0.3, 0.4) is 0 Å². The number of nitrogens with zero attached hydrogens (tertiary/aromatic N) is 2. The molecule has 1 aromatic heterocycles. The molecule has 2 rings (SSSR count). The van der Waals surface area contributed by atoms with Gasteiger partial charge in [-0.1, -0.05) is 19.4 Å². The molecule has 0 amide bonds. The Kier molecular flexibility index (Phi) is 6.88. The Bertz CT molecular complexity index is 496. The SMILES string of the molecule is CCCCS(=O)(=O)N1CCNCC1c1cccnc1.Cl. The maximum Gasteiger partial charge on any atom is 0.214 e. The molecule has 20 heavy (non-hydrogen) atoms. The highest BCUT2D eigenvalue weighted by Gasteiger charge is 2.32. The molecule has 1 aromatic rings. The number of piperazine rings is 1. The van der Waals surface area contributed by atoms with Gasteiger partial charge < -0.3 is 5.32 Å². The molecule has 0 spiro atoms. The van der Waals surface area contributed by atoms with Gasteiger partial charge in [-0.25, -0.2) is 8.42 Å². The zero-order valence-corrected chi connectivity index (χ0v) is 13.3. The summed E-state index contributed by atoms with van der Waals surface area (Å²) in [6.07, 6.45) is 5.06. The highest BCUT2D eigenvalue weighted by molar-refractivity contribution is 7.89. The van der Waals surface area contributed by atoms with E-state index >= 15 is 0 Å². The Morgan fingerprint density at radius 2 is 2.30 bits per heavy atom. The van der Waals surface area contributed by atoms with E-state index in [1.165, 1.54) is 0 Å². The summed E-state index contributed by atoms with van der Waals surface area (Å²) in [4.78, 5) is 4.09. The number of halogens is 1. The van der Waals surface area contributed by atoms with Crippen LogP contribution in [0.1, 0.15) is 31.4 Å². The van der Waals surface area contributed by atoms with Crippen LogP contribution in [0.25, 0.3) is 0 Å². The highest BCUT2D eigenvalue weighted by Crippen LogP contribution is 2.25. The molecule has 1 fully saturated rings. The summed E-state index contributed by atoms with van der Waals surface area (Å²) in [7, 11) is -3.18. The van der Waals surface area contributed by atoms with Crippen molar-refractivity contribution in [1.29, 1.82) is 0 Å². The van der Waals surface area contributed by atoms with E-state index in [0.29, 0.717) is 26.1 Å². The first-order chi connectivity index (χ1) is 9.15. The maximum atomic E-state index is 12.4. The van der Waals surface area contributed by atoms with Gasteiger partial charge in [-0.3, -0.25) is 4.98 Å². The Hall–Kier alpha value is -0.690. The topological polar surface area (TPSA) is 62.3 Å². The summed E-state index contributed by atoms with van der Waals surface area (Å²) in [5.74, 6) is 0.236. The minimum absolute atomic E-state index is 0. The van der Waals surface area contributed by atoms with Gasteiger partial charge in [0.2, 0.25) is 10.0 Å². The Morgan fingerprint density at radius 1 is 1.50 bits per heavy atom. The minimum Gasteiger partial charge on any atom is -0.313 e. The number of nitrogens with one attached hydrogen (secondary N) is 1. The van der Waals surface area contributed by atoms with Crippen molar-refractivity contribution in [3.8, 4) is 0 Å². The quantitative estimate of drug-likeness (QED) is 0.895. The molecule has 2 heterocycles. The molecule has 1 unspecified atom stereocenters. The van der Waals surface area contributed by atoms with Crippen LogP contribution in [0.15, 0.2) is 24.5 Å². The number of aromatic nitrogens is 1. The number of unbranched alkanes of at least 4 members (excludes halogenated alkanes) is 1. The first-order valence-electron chi connectivity index (χ1n) is 6.75. The number of rotatable bonds is 5. The third-order valence-corrected chi connectivity index (χ3v) is 5.33. The minimum atomic E-state index is -3.18. The molecular weight excluding hydrogens is 298 g/mol. The van der Waals surface area contributed by atoms with E-state index in [9.17, 15) is 8.42 Å². The molecule has 1 atom stereocenters. The predicted octanol–water partition coefficient (Wildman–Crippen LogP) is 1.58. The van der Waals surface area contributed by atoms with Crippen molar-refractivity contribution >= 4 is 22.4 Å². The van der Waals surface area contributed by atoms with Crippen molar-refractivity contribution in [2.45, 2.75) is 25.8 Å². The number of hydrogen-bond donors (Lipinski definition) is 1. The zero-order valence-electron chi connectivity index (χ0n) is 11.7. The van der Waals surface area contributed by atoms with E-state index in [1.807, 2.05) is 19.1 Å². The second-order valence-electron chi connectivity index (χ2n) is 4.79. The standard InChI is InChI=1S/C13H21N3O2S.ClH/c1-2-3-9-19(17,18)16-8-7-15-11-13(16)12-5-4-6-14-10-12;/h4-6,10,13,15H,2-3,7-9,11H2,1H3;1H. The average Bonchev–Trinajstić information content (AvgIpc) is 2.46. The Labute approximate surface area is 127 Å². The lowest BCUT2D eigenvalue weighted by Gasteiger charge is -2.35. The van der Waals surface area contributed by atoms with Crippen LogP contribution in [-0.2, 0) is 10.0 Å². The highest BCUT2D eigenvalue weighted by atomic mass is 35.5. The molecule has 5 nitrogen and oxygen atoms in total. The smallest absolute Gasteiger partial charge is 0.214 e. The predicted molar refractivity (Wildman–Crippen MR) is 82.5 cm³/mol. The van der Waals surface area contributed by atoms with Crippen molar-refractivity contribution in [2.24, 2.45) is 0 Å². The number of pyridine rings is 1. The van der Waals surface area contributed by atoms with Gasteiger partial charge in [0.1, 0.15) is 0 Å². The van der Waals surface area contributed by atoms with Crippen molar-refractivity contribution in [1.82, 2.24) is 14.6 Å². The number of sulfonamides is 1. The van der Waals surface area contributed by atoms with E-state index in [1.54, 1.807) is 16.7 Å². The molecule has 0 aliphatic carbocycles. The molecule has 114 valence electrons. The van der Waals surface area contributed by atoms with Crippen LogP contribution in [0.4, 0.5) is 0 Å². The summed E-state index contributed by atoms with van der Waals surface area (Å²) >= 11 is 0. The normalized spacial score (nSPS) is 20.4. The van der Waals surface area contributed by atoms with Crippen LogP contribution in [0.2, 0.25) is 0 Å². The fraction of sp³-hybridized carbons (Fsp3) is 0.615. The molecule has 1 saturated heterocycles. The summed E-state index contributed by atoms with van der Waals surface area (Å²) in [6, 6.07) is 3.65.